The second kappa shape index (κ2) is 6.52. The third-order valence-electron chi connectivity index (χ3n) is 3.54. The van der Waals surface area contributed by atoms with Crippen molar-refractivity contribution in [2.45, 2.75) is 5.92 Å². The van der Waals surface area contributed by atoms with Gasteiger partial charge in [-0.3, -0.25) is 0 Å². The van der Waals surface area contributed by atoms with Crippen LogP contribution < -0.4 is 4.74 Å². The van der Waals surface area contributed by atoms with Crippen molar-refractivity contribution in [2.24, 2.45) is 0 Å². The quantitative estimate of drug-likeness (QED) is 0.732. The molecule has 1 aromatic heterocycles. The number of benzene rings is 2. The van der Waals surface area contributed by atoms with Crippen molar-refractivity contribution < 1.29 is 13.5 Å². The van der Waals surface area contributed by atoms with Crippen LogP contribution in [0.25, 0.3) is 0 Å². The van der Waals surface area contributed by atoms with Gasteiger partial charge in [-0.25, -0.2) is 13.8 Å². The molecule has 0 radical (unpaired) electrons. The summed E-state index contributed by atoms with van der Waals surface area (Å²) in [5.74, 6) is -1.71. The standard InChI is InChI=1S/C18H14F2N2O/c1-23-18-21-10-9-16(22-18)17(12-5-3-2-4-6-12)14-8-7-13(19)11-15(14)20/h2-11,17H,1H3. The molecule has 1 unspecified atom stereocenters. The average molecular weight is 312 g/mol. The molecule has 1 heterocycles. The van der Waals surface area contributed by atoms with Crippen molar-refractivity contribution >= 4 is 0 Å². The molecule has 5 heteroatoms. The summed E-state index contributed by atoms with van der Waals surface area (Å²) in [4.78, 5) is 8.29. The lowest BCUT2D eigenvalue weighted by Gasteiger charge is -2.18. The van der Waals surface area contributed by atoms with E-state index in [1.807, 2.05) is 30.3 Å². The van der Waals surface area contributed by atoms with Crippen LogP contribution in [0.15, 0.2) is 60.8 Å². The summed E-state index contributed by atoms with van der Waals surface area (Å²) >= 11 is 0. The molecule has 116 valence electrons. The normalized spacial score (nSPS) is 12.0. The molecule has 23 heavy (non-hydrogen) atoms. The van der Waals surface area contributed by atoms with Gasteiger partial charge in [-0.15, -0.1) is 0 Å². The summed E-state index contributed by atoms with van der Waals surface area (Å²) in [5, 5.41) is 0. The summed E-state index contributed by atoms with van der Waals surface area (Å²) in [6.07, 6.45) is 1.55. The van der Waals surface area contributed by atoms with Gasteiger partial charge in [0.05, 0.1) is 18.7 Å². The Kier molecular flexibility index (Phi) is 4.28. The molecule has 0 fully saturated rings. The fourth-order valence-corrected chi connectivity index (χ4v) is 2.50. The fourth-order valence-electron chi connectivity index (χ4n) is 2.50. The number of methoxy groups -OCH3 is 1. The Morgan fingerprint density at radius 3 is 2.48 bits per heavy atom. The zero-order valence-corrected chi connectivity index (χ0v) is 12.4. The highest BCUT2D eigenvalue weighted by atomic mass is 19.1. The van der Waals surface area contributed by atoms with E-state index in [9.17, 15) is 8.78 Å². The number of hydrogen-bond donors (Lipinski definition) is 0. The van der Waals surface area contributed by atoms with E-state index in [0.717, 1.165) is 11.6 Å². The molecule has 0 N–H and O–H groups in total. The lowest BCUT2D eigenvalue weighted by Crippen LogP contribution is -2.09. The zero-order chi connectivity index (χ0) is 16.2. The molecule has 0 saturated heterocycles. The van der Waals surface area contributed by atoms with Crippen LogP contribution in [0.2, 0.25) is 0 Å². The Bertz CT molecular complexity index is 809. The first-order valence-electron chi connectivity index (χ1n) is 7.06. The largest absolute Gasteiger partial charge is 0.467 e. The maximum Gasteiger partial charge on any atom is 0.316 e. The molecule has 0 aliphatic carbocycles. The molecule has 2 aromatic carbocycles. The summed E-state index contributed by atoms with van der Waals surface area (Å²) in [5.41, 5.74) is 1.77. The van der Waals surface area contributed by atoms with Crippen molar-refractivity contribution in [3.8, 4) is 6.01 Å². The molecule has 3 rings (SSSR count). The van der Waals surface area contributed by atoms with Crippen molar-refractivity contribution in [2.75, 3.05) is 7.11 Å². The number of nitrogens with zero attached hydrogens (tertiary/aromatic N) is 2. The van der Waals surface area contributed by atoms with Crippen LogP contribution in [-0.4, -0.2) is 17.1 Å². The van der Waals surface area contributed by atoms with E-state index in [4.69, 9.17) is 4.74 Å². The number of ether oxygens (including phenoxy) is 1. The van der Waals surface area contributed by atoms with Crippen molar-refractivity contribution in [1.82, 2.24) is 9.97 Å². The van der Waals surface area contributed by atoms with Crippen LogP contribution in [-0.2, 0) is 0 Å². The van der Waals surface area contributed by atoms with Crippen molar-refractivity contribution in [3.63, 3.8) is 0 Å². The highest BCUT2D eigenvalue weighted by Crippen LogP contribution is 2.32. The minimum absolute atomic E-state index is 0.200. The van der Waals surface area contributed by atoms with E-state index < -0.39 is 17.6 Å². The minimum atomic E-state index is -0.614. The van der Waals surface area contributed by atoms with Crippen molar-refractivity contribution in [3.05, 3.63) is 89.2 Å². The highest BCUT2D eigenvalue weighted by Gasteiger charge is 2.22. The second-order valence-corrected chi connectivity index (χ2v) is 4.98. The van der Waals surface area contributed by atoms with Gasteiger partial charge in [-0.2, -0.15) is 4.98 Å². The van der Waals surface area contributed by atoms with Crippen LogP contribution in [0.1, 0.15) is 22.7 Å². The molecule has 3 aromatic rings. The van der Waals surface area contributed by atoms with Crippen molar-refractivity contribution in [1.29, 1.82) is 0 Å². The number of rotatable bonds is 4. The van der Waals surface area contributed by atoms with Gasteiger partial charge < -0.3 is 4.74 Å². The van der Waals surface area contributed by atoms with Gasteiger partial charge in [-0.05, 0) is 17.7 Å². The molecule has 0 aliphatic heterocycles. The van der Waals surface area contributed by atoms with E-state index in [1.54, 1.807) is 12.3 Å². The molecule has 0 spiro atoms. The van der Waals surface area contributed by atoms with E-state index >= 15 is 0 Å². The van der Waals surface area contributed by atoms with Gasteiger partial charge in [0.2, 0.25) is 0 Å². The maximum atomic E-state index is 14.3. The number of hydrogen-bond acceptors (Lipinski definition) is 3. The van der Waals surface area contributed by atoms with Gasteiger partial charge in [0.1, 0.15) is 11.6 Å². The summed E-state index contributed by atoms with van der Waals surface area (Å²) in [7, 11) is 1.47. The lowest BCUT2D eigenvalue weighted by atomic mass is 9.88. The van der Waals surface area contributed by atoms with Gasteiger partial charge in [0, 0.05) is 17.8 Å². The van der Waals surface area contributed by atoms with Crippen LogP contribution in [0.5, 0.6) is 6.01 Å². The van der Waals surface area contributed by atoms with Crippen LogP contribution >= 0.6 is 0 Å². The average Bonchev–Trinajstić information content (AvgIpc) is 2.58. The fraction of sp³-hybridized carbons (Fsp3) is 0.111. The molecule has 1 atom stereocenters. The topological polar surface area (TPSA) is 35.0 Å². The monoisotopic (exact) mass is 312 g/mol. The molecule has 0 saturated carbocycles. The number of halogens is 2. The van der Waals surface area contributed by atoms with Gasteiger partial charge in [-0.1, -0.05) is 36.4 Å². The first-order valence-corrected chi connectivity index (χ1v) is 7.06. The Morgan fingerprint density at radius 2 is 1.78 bits per heavy atom. The van der Waals surface area contributed by atoms with Gasteiger partial charge >= 0.3 is 6.01 Å². The molecular formula is C18H14F2N2O. The van der Waals surface area contributed by atoms with Crippen LogP contribution in [0.3, 0.4) is 0 Å². The molecule has 3 nitrogen and oxygen atoms in total. The third-order valence-corrected chi connectivity index (χ3v) is 3.54. The summed E-state index contributed by atoms with van der Waals surface area (Å²) < 4.78 is 32.6. The SMILES string of the molecule is COc1nccc(C(c2ccccc2)c2ccc(F)cc2F)n1. The predicted octanol–water partition coefficient (Wildman–Crippen LogP) is 3.94. The smallest absolute Gasteiger partial charge is 0.316 e. The van der Waals surface area contributed by atoms with E-state index in [1.165, 1.54) is 19.2 Å². The second-order valence-electron chi connectivity index (χ2n) is 4.98. The molecule has 0 bridgehead atoms. The first kappa shape index (κ1) is 15.1. The Morgan fingerprint density at radius 1 is 1.00 bits per heavy atom. The number of aromatic nitrogens is 2. The summed E-state index contributed by atoms with van der Waals surface area (Å²) in [6.45, 7) is 0. The predicted molar refractivity (Wildman–Crippen MR) is 82.3 cm³/mol. The zero-order valence-electron chi connectivity index (χ0n) is 12.4. The van der Waals surface area contributed by atoms with E-state index in [0.29, 0.717) is 11.3 Å². The Labute approximate surface area is 132 Å². The maximum absolute atomic E-state index is 14.3. The third kappa shape index (κ3) is 3.18. The lowest BCUT2D eigenvalue weighted by molar-refractivity contribution is 0.377. The summed E-state index contributed by atoms with van der Waals surface area (Å²) in [6, 6.07) is 14.8. The van der Waals surface area contributed by atoms with Crippen LogP contribution in [0, 0.1) is 11.6 Å². The van der Waals surface area contributed by atoms with Crippen LogP contribution in [0.4, 0.5) is 8.78 Å². The highest BCUT2D eigenvalue weighted by molar-refractivity contribution is 5.41. The molecule has 0 amide bonds. The molecular weight excluding hydrogens is 298 g/mol. The molecule has 0 aliphatic rings. The minimum Gasteiger partial charge on any atom is -0.467 e. The first-order chi connectivity index (χ1) is 11.2. The van der Waals surface area contributed by atoms with Gasteiger partial charge in [0.15, 0.2) is 0 Å². The van der Waals surface area contributed by atoms with E-state index in [-0.39, 0.29) is 6.01 Å². The van der Waals surface area contributed by atoms with E-state index in [2.05, 4.69) is 9.97 Å². The Balaban J connectivity index is 2.18. The van der Waals surface area contributed by atoms with Gasteiger partial charge in [0.25, 0.3) is 0 Å². The Hall–Kier alpha value is -2.82.